The van der Waals surface area contributed by atoms with Gasteiger partial charge in [-0.25, -0.2) is 13.1 Å². The van der Waals surface area contributed by atoms with E-state index in [4.69, 9.17) is 0 Å². The molecule has 0 radical (unpaired) electrons. The van der Waals surface area contributed by atoms with E-state index in [2.05, 4.69) is 23.4 Å². The van der Waals surface area contributed by atoms with Crippen LogP contribution >= 0.6 is 0 Å². The Balaban J connectivity index is 1.86. The first-order valence-electron chi connectivity index (χ1n) is 7.24. The molecule has 0 aromatic heterocycles. The Bertz CT molecular complexity index is 719. The fourth-order valence-electron chi connectivity index (χ4n) is 2.05. The molecule has 0 amide bonds. The average Bonchev–Trinajstić information content (AvgIpc) is 2.52. The fourth-order valence-corrected chi connectivity index (χ4v) is 3.11. The summed E-state index contributed by atoms with van der Waals surface area (Å²) in [7, 11) is -3.47. The van der Waals surface area contributed by atoms with Gasteiger partial charge in [0.2, 0.25) is 10.0 Å². The van der Waals surface area contributed by atoms with Crippen LogP contribution in [0.25, 0.3) is 0 Å². The quantitative estimate of drug-likeness (QED) is 0.795. The molecule has 2 rings (SSSR count). The largest absolute Gasteiger partial charge is 0.240 e. The molecule has 0 bridgehead atoms. The van der Waals surface area contributed by atoms with Gasteiger partial charge in [-0.05, 0) is 37.5 Å². The molecule has 1 N–H and O–H groups in total. The van der Waals surface area contributed by atoms with Gasteiger partial charge in [-0.15, -0.1) is 0 Å². The normalized spacial score (nSPS) is 11.3. The van der Waals surface area contributed by atoms with E-state index in [9.17, 15) is 8.42 Å². The number of nitrogens with one attached hydrogen (secondary N) is 1. The second-order valence-electron chi connectivity index (χ2n) is 5.37. The summed E-state index contributed by atoms with van der Waals surface area (Å²) < 4.78 is 26.9. The van der Waals surface area contributed by atoms with Gasteiger partial charge >= 0.3 is 0 Å². The minimum atomic E-state index is -3.47. The van der Waals surface area contributed by atoms with Crippen LogP contribution in [0.1, 0.15) is 17.5 Å². The molecule has 116 valence electrons. The zero-order valence-electron chi connectivity index (χ0n) is 12.7. The number of rotatable bonds is 7. The zero-order chi connectivity index (χ0) is 16.0. The van der Waals surface area contributed by atoms with Gasteiger partial charge in [0.25, 0.3) is 0 Å². The smallest absolute Gasteiger partial charge is 0.207 e. The minimum Gasteiger partial charge on any atom is -0.207 e. The monoisotopic (exact) mass is 315 g/mol. The minimum absolute atomic E-state index is 0.267. The molecule has 0 spiro atoms. The lowest BCUT2D eigenvalue weighted by Gasteiger charge is -2.09. The van der Waals surface area contributed by atoms with Crippen molar-refractivity contribution in [3.8, 4) is 0 Å². The summed E-state index contributed by atoms with van der Waals surface area (Å²) in [5.41, 5.74) is 3.14. The predicted molar refractivity (Wildman–Crippen MR) is 90.3 cm³/mol. The van der Waals surface area contributed by atoms with Crippen molar-refractivity contribution in [2.45, 2.75) is 24.7 Å². The van der Waals surface area contributed by atoms with Crippen LogP contribution in [0.5, 0.6) is 0 Å². The van der Waals surface area contributed by atoms with E-state index in [1.165, 1.54) is 5.56 Å². The van der Waals surface area contributed by atoms with Crippen LogP contribution in [0.15, 0.2) is 71.6 Å². The molecule has 0 aliphatic rings. The first-order chi connectivity index (χ1) is 10.5. The van der Waals surface area contributed by atoms with Gasteiger partial charge in [0.1, 0.15) is 0 Å². The maximum absolute atomic E-state index is 12.2. The second kappa shape index (κ2) is 7.38. The maximum atomic E-state index is 12.2. The summed E-state index contributed by atoms with van der Waals surface area (Å²) >= 11 is 0. The molecule has 22 heavy (non-hydrogen) atoms. The Kier molecular flexibility index (Phi) is 5.52. The van der Waals surface area contributed by atoms with Crippen molar-refractivity contribution in [1.29, 1.82) is 0 Å². The Hall–Kier alpha value is -1.91. The summed E-state index contributed by atoms with van der Waals surface area (Å²) in [5, 5.41) is 0. The number of hydrogen-bond acceptors (Lipinski definition) is 2. The van der Waals surface area contributed by atoms with E-state index >= 15 is 0 Å². The Morgan fingerprint density at radius 3 is 2.32 bits per heavy atom. The molecule has 0 aliphatic carbocycles. The highest BCUT2D eigenvalue weighted by molar-refractivity contribution is 7.89. The molecule has 4 heteroatoms. The van der Waals surface area contributed by atoms with Crippen LogP contribution in [0, 0.1) is 6.92 Å². The second-order valence-corrected chi connectivity index (χ2v) is 7.14. The Morgan fingerprint density at radius 2 is 1.68 bits per heavy atom. The van der Waals surface area contributed by atoms with Crippen molar-refractivity contribution in [3.63, 3.8) is 0 Å². The molecule has 0 aliphatic heterocycles. The average molecular weight is 315 g/mol. The van der Waals surface area contributed by atoms with Crippen LogP contribution in [-0.2, 0) is 16.4 Å². The zero-order valence-corrected chi connectivity index (χ0v) is 13.6. The van der Waals surface area contributed by atoms with Crippen molar-refractivity contribution < 1.29 is 8.42 Å². The topological polar surface area (TPSA) is 46.2 Å². The number of hydrogen-bond donors (Lipinski definition) is 1. The molecule has 0 saturated carbocycles. The third kappa shape index (κ3) is 4.83. The number of aryl methyl sites for hydroxylation is 2. The van der Waals surface area contributed by atoms with Crippen molar-refractivity contribution in [3.05, 3.63) is 77.9 Å². The van der Waals surface area contributed by atoms with Crippen molar-refractivity contribution >= 4 is 10.0 Å². The molecule has 0 unspecified atom stereocenters. The lowest BCUT2D eigenvalue weighted by atomic mass is 10.1. The molecule has 0 saturated heterocycles. The van der Waals surface area contributed by atoms with E-state index in [0.29, 0.717) is 0 Å². The lowest BCUT2D eigenvalue weighted by molar-refractivity contribution is 0.584. The van der Waals surface area contributed by atoms with Gasteiger partial charge in [0.15, 0.2) is 0 Å². The summed E-state index contributed by atoms with van der Waals surface area (Å²) in [5.74, 6) is 0. The molecule has 3 nitrogen and oxygen atoms in total. The molecule has 2 aromatic carbocycles. The highest BCUT2D eigenvalue weighted by atomic mass is 32.2. The van der Waals surface area contributed by atoms with Gasteiger partial charge in [0.05, 0.1) is 4.90 Å². The molecular weight excluding hydrogens is 294 g/mol. The molecule has 0 heterocycles. The molecular formula is C18H21NO2S. The first-order valence-corrected chi connectivity index (χ1v) is 8.72. The van der Waals surface area contributed by atoms with E-state index in [1.807, 2.05) is 25.1 Å². The van der Waals surface area contributed by atoms with Crippen LogP contribution in [0.4, 0.5) is 0 Å². The van der Waals surface area contributed by atoms with Crippen LogP contribution < -0.4 is 4.72 Å². The van der Waals surface area contributed by atoms with Gasteiger partial charge in [-0.3, -0.25) is 0 Å². The number of sulfonamides is 1. The summed E-state index contributed by atoms with van der Waals surface area (Å²) in [6.07, 6.45) is 1.63. The van der Waals surface area contributed by atoms with E-state index in [0.717, 1.165) is 24.0 Å². The highest BCUT2D eigenvalue weighted by Crippen LogP contribution is 2.11. The Morgan fingerprint density at radius 1 is 1.05 bits per heavy atom. The maximum Gasteiger partial charge on any atom is 0.240 e. The van der Waals surface area contributed by atoms with Gasteiger partial charge < -0.3 is 0 Å². The SMILES string of the molecule is C=C(CCc1ccccc1)CNS(=O)(=O)c1ccc(C)cc1. The van der Waals surface area contributed by atoms with E-state index in [-0.39, 0.29) is 11.4 Å². The first kappa shape index (κ1) is 16.5. The van der Waals surface area contributed by atoms with Gasteiger partial charge in [0, 0.05) is 6.54 Å². The summed E-state index contributed by atoms with van der Waals surface area (Å²) in [6.45, 7) is 6.15. The van der Waals surface area contributed by atoms with Crippen LogP contribution in [0.3, 0.4) is 0 Å². The van der Waals surface area contributed by atoms with Gasteiger partial charge in [-0.2, -0.15) is 0 Å². The van der Waals surface area contributed by atoms with Gasteiger partial charge in [-0.1, -0.05) is 60.2 Å². The molecule has 0 atom stereocenters. The lowest BCUT2D eigenvalue weighted by Crippen LogP contribution is -2.25. The Labute approximate surface area is 132 Å². The van der Waals surface area contributed by atoms with E-state index < -0.39 is 10.0 Å². The standard InChI is InChI=1S/C18H21NO2S/c1-15-9-12-18(13-10-15)22(20,21)19-14-16(2)8-11-17-6-4-3-5-7-17/h3-7,9-10,12-13,19H,2,8,11,14H2,1H3. The third-order valence-corrected chi connectivity index (χ3v) is 4.87. The molecule has 0 fully saturated rings. The van der Waals surface area contributed by atoms with Crippen molar-refractivity contribution in [2.24, 2.45) is 0 Å². The highest BCUT2D eigenvalue weighted by Gasteiger charge is 2.13. The third-order valence-electron chi connectivity index (χ3n) is 3.45. The fraction of sp³-hybridized carbons (Fsp3) is 0.222. The van der Waals surface area contributed by atoms with Crippen molar-refractivity contribution in [1.82, 2.24) is 4.72 Å². The van der Waals surface area contributed by atoms with Crippen LogP contribution in [0.2, 0.25) is 0 Å². The van der Waals surface area contributed by atoms with Crippen molar-refractivity contribution in [2.75, 3.05) is 6.54 Å². The van der Waals surface area contributed by atoms with E-state index in [1.54, 1.807) is 24.3 Å². The summed E-state index contributed by atoms with van der Waals surface area (Å²) in [6, 6.07) is 16.9. The number of benzene rings is 2. The van der Waals surface area contributed by atoms with Crippen LogP contribution in [-0.4, -0.2) is 15.0 Å². The predicted octanol–water partition coefficient (Wildman–Crippen LogP) is 3.46. The molecule has 2 aromatic rings. The summed E-state index contributed by atoms with van der Waals surface area (Å²) in [4.78, 5) is 0.286.